The van der Waals surface area contributed by atoms with Gasteiger partial charge in [0.05, 0.1) is 6.61 Å². The molecule has 15 heavy (non-hydrogen) atoms. The molecule has 5 nitrogen and oxygen atoms in total. The smallest absolute Gasteiger partial charge is 0.290 e. The first-order valence-electron chi connectivity index (χ1n) is 4.85. The van der Waals surface area contributed by atoms with Crippen LogP contribution in [0.25, 0.3) is 0 Å². The summed E-state index contributed by atoms with van der Waals surface area (Å²) in [5, 5.41) is 14.0. The van der Waals surface area contributed by atoms with Gasteiger partial charge in [-0.2, -0.15) is 0 Å². The van der Waals surface area contributed by atoms with Crippen molar-refractivity contribution >= 4 is 23.8 Å². The molecule has 1 aliphatic carbocycles. The summed E-state index contributed by atoms with van der Waals surface area (Å²) in [7, 11) is 1.68. The fourth-order valence-corrected chi connectivity index (χ4v) is 1.32. The molecule has 1 aliphatic rings. The zero-order chi connectivity index (χ0) is 11.5. The van der Waals surface area contributed by atoms with Crippen molar-refractivity contribution in [2.24, 2.45) is 0 Å². The molecule has 1 rings (SSSR count). The van der Waals surface area contributed by atoms with E-state index < -0.39 is 0 Å². The lowest BCUT2D eigenvalue weighted by Gasteiger charge is -2.27. The van der Waals surface area contributed by atoms with Gasteiger partial charge in [-0.05, 0) is 31.5 Å². The first-order valence-corrected chi connectivity index (χ1v) is 5.26. The summed E-state index contributed by atoms with van der Waals surface area (Å²) in [4.78, 5) is 8.36. The highest BCUT2D eigenvalue weighted by Gasteiger charge is 2.17. The zero-order valence-corrected chi connectivity index (χ0v) is 9.68. The van der Waals surface area contributed by atoms with E-state index in [2.05, 4.69) is 10.6 Å². The van der Waals surface area contributed by atoms with E-state index in [1.807, 2.05) is 0 Å². The Morgan fingerprint density at radius 2 is 2.27 bits per heavy atom. The van der Waals surface area contributed by atoms with Crippen LogP contribution >= 0.6 is 12.2 Å². The van der Waals surface area contributed by atoms with Gasteiger partial charge in [0.2, 0.25) is 0 Å². The predicted octanol–water partition coefficient (Wildman–Crippen LogP) is 0.350. The molecule has 0 amide bonds. The molecule has 0 aromatic carbocycles. The van der Waals surface area contributed by atoms with E-state index in [0.717, 1.165) is 11.7 Å². The molecule has 1 saturated carbocycles. The first kappa shape index (κ1) is 14.1. The Hall–Kier alpha value is -0.880. The van der Waals surface area contributed by atoms with E-state index in [1.54, 1.807) is 7.11 Å². The third-order valence-corrected chi connectivity index (χ3v) is 2.29. The summed E-state index contributed by atoms with van der Waals surface area (Å²) < 4.78 is 4.89. The molecule has 0 bridgehead atoms. The lowest BCUT2D eigenvalue weighted by Crippen LogP contribution is -2.45. The molecule has 1 fully saturated rings. The van der Waals surface area contributed by atoms with Crippen LogP contribution in [0.3, 0.4) is 0 Å². The van der Waals surface area contributed by atoms with Gasteiger partial charge >= 0.3 is 0 Å². The van der Waals surface area contributed by atoms with Crippen molar-refractivity contribution in [1.82, 2.24) is 10.6 Å². The molecule has 6 heteroatoms. The molecular formula is C9H18N2O3S. The van der Waals surface area contributed by atoms with E-state index in [-0.39, 0.29) is 6.47 Å². The molecular weight excluding hydrogens is 216 g/mol. The van der Waals surface area contributed by atoms with Crippen LogP contribution in [0.5, 0.6) is 0 Å². The molecule has 0 aromatic rings. The van der Waals surface area contributed by atoms with Crippen LogP contribution in [-0.2, 0) is 9.53 Å². The topological polar surface area (TPSA) is 70.6 Å². The van der Waals surface area contributed by atoms with Crippen LogP contribution in [0.2, 0.25) is 0 Å². The van der Waals surface area contributed by atoms with Crippen molar-refractivity contribution in [1.29, 1.82) is 0 Å². The molecule has 3 N–H and O–H groups in total. The van der Waals surface area contributed by atoms with E-state index in [9.17, 15) is 0 Å². The second-order valence-electron chi connectivity index (χ2n) is 3.13. The molecule has 0 heterocycles. The summed E-state index contributed by atoms with van der Waals surface area (Å²) in [6, 6.07) is 0.618. The highest BCUT2D eigenvalue weighted by Crippen LogP contribution is 2.17. The molecule has 0 radical (unpaired) electrons. The van der Waals surface area contributed by atoms with Crippen molar-refractivity contribution in [2.75, 3.05) is 20.3 Å². The van der Waals surface area contributed by atoms with E-state index in [1.165, 1.54) is 19.3 Å². The van der Waals surface area contributed by atoms with Crippen LogP contribution < -0.4 is 10.6 Å². The molecule has 88 valence electrons. The van der Waals surface area contributed by atoms with Gasteiger partial charge < -0.3 is 20.5 Å². The molecule has 0 spiro atoms. The third-order valence-electron chi connectivity index (χ3n) is 2.03. The average Bonchev–Trinajstić information content (AvgIpc) is 2.13. The predicted molar refractivity (Wildman–Crippen MR) is 61.9 cm³/mol. The van der Waals surface area contributed by atoms with E-state index in [0.29, 0.717) is 12.6 Å². The van der Waals surface area contributed by atoms with Crippen LogP contribution in [0.15, 0.2) is 0 Å². The SMILES string of the molecule is COCCNC(=S)NC1CCC1.O=CO. The maximum absolute atomic E-state index is 8.36. The highest BCUT2D eigenvalue weighted by molar-refractivity contribution is 7.80. The monoisotopic (exact) mass is 234 g/mol. The molecule has 0 aliphatic heterocycles. The van der Waals surface area contributed by atoms with Gasteiger partial charge in [0.25, 0.3) is 6.47 Å². The van der Waals surface area contributed by atoms with Crippen molar-refractivity contribution < 1.29 is 14.6 Å². The van der Waals surface area contributed by atoms with Gasteiger partial charge in [-0.1, -0.05) is 0 Å². The summed E-state index contributed by atoms with van der Waals surface area (Å²) in [5.74, 6) is 0. The Bertz CT molecular complexity index is 186. The van der Waals surface area contributed by atoms with Gasteiger partial charge in [0.15, 0.2) is 5.11 Å². The minimum atomic E-state index is -0.250. The largest absolute Gasteiger partial charge is 0.483 e. The molecule has 0 atom stereocenters. The molecule has 0 saturated heterocycles. The third kappa shape index (κ3) is 8.14. The number of ether oxygens (including phenoxy) is 1. The van der Waals surface area contributed by atoms with E-state index >= 15 is 0 Å². The van der Waals surface area contributed by atoms with E-state index in [4.69, 9.17) is 26.9 Å². The number of methoxy groups -OCH3 is 1. The van der Waals surface area contributed by atoms with Crippen LogP contribution in [0.1, 0.15) is 19.3 Å². The Balaban J connectivity index is 0.000000583. The van der Waals surface area contributed by atoms with Crippen molar-refractivity contribution in [3.63, 3.8) is 0 Å². The standard InChI is InChI=1S/C8H16N2OS.CH2O2/c1-11-6-5-9-8(12)10-7-3-2-4-7;2-1-3/h7H,2-6H2,1H3,(H2,9,10,12);1H,(H,2,3). The van der Waals surface area contributed by atoms with Crippen molar-refractivity contribution in [3.8, 4) is 0 Å². The average molecular weight is 234 g/mol. The fraction of sp³-hybridized carbons (Fsp3) is 0.778. The number of carbonyl (C=O) groups is 1. The number of nitrogens with one attached hydrogen (secondary N) is 2. The second kappa shape index (κ2) is 9.67. The van der Waals surface area contributed by atoms with Crippen LogP contribution in [0, 0.1) is 0 Å². The van der Waals surface area contributed by atoms with Crippen LogP contribution in [-0.4, -0.2) is 43.0 Å². The Kier molecular flexibility index (Phi) is 9.10. The maximum Gasteiger partial charge on any atom is 0.290 e. The second-order valence-corrected chi connectivity index (χ2v) is 3.53. The molecule has 0 aromatic heterocycles. The van der Waals surface area contributed by atoms with Gasteiger partial charge in [-0.15, -0.1) is 0 Å². The lowest BCUT2D eigenvalue weighted by molar-refractivity contribution is -0.122. The fourth-order valence-electron chi connectivity index (χ4n) is 1.06. The number of hydrogen-bond acceptors (Lipinski definition) is 3. The number of carboxylic acid groups (broad SMARTS) is 1. The lowest BCUT2D eigenvalue weighted by atomic mass is 9.93. The summed E-state index contributed by atoms with van der Waals surface area (Å²) in [5.41, 5.74) is 0. The normalized spacial score (nSPS) is 14.2. The van der Waals surface area contributed by atoms with Gasteiger partial charge in [-0.3, -0.25) is 4.79 Å². The number of hydrogen-bond donors (Lipinski definition) is 3. The molecule has 0 unspecified atom stereocenters. The van der Waals surface area contributed by atoms with Crippen molar-refractivity contribution in [3.05, 3.63) is 0 Å². The van der Waals surface area contributed by atoms with Crippen molar-refractivity contribution in [2.45, 2.75) is 25.3 Å². The minimum Gasteiger partial charge on any atom is -0.483 e. The zero-order valence-electron chi connectivity index (χ0n) is 8.86. The Labute approximate surface area is 95.2 Å². The first-order chi connectivity index (χ1) is 7.24. The Morgan fingerprint density at radius 1 is 1.67 bits per heavy atom. The number of rotatable bonds is 4. The maximum atomic E-state index is 8.36. The number of thiocarbonyl (C=S) groups is 1. The summed E-state index contributed by atoms with van der Waals surface area (Å²) >= 11 is 5.07. The minimum absolute atomic E-state index is 0.250. The Morgan fingerprint density at radius 3 is 2.67 bits per heavy atom. The van der Waals surface area contributed by atoms with Gasteiger partial charge in [0.1, 0.15) is 0 Å². The summed E-state index contributed by atoms with van der Waals surface area (Å²) in [6.07, 6.45) is 3.84. The van der Waals surface area contributed by atoms with Gasteiger partial charge in [0, 0.05) is 19.7 Å². The highest BCUT2D eigenvalue weighted by atomic mass is 32.1. The van der Waals surface area contributed by atoms with Crippen LogP contribution in [0.4, 0.5) is 0 Å². The van der Waals surface area contributed by atoms with Gasteiger partial charge in [-0.25, -0.2) is 0 Å². The summed E-state index contributed by atoms with van der Waals surface area (Å²) in [6.45, 7) is 1.24. The quantitative estimate of drug-likeness (QED) is 0.370.